The van der Waals surface area contributed by atoms with Gasteiger partial charge >= 0.3 is 0 Å². The van der Waals surface area contributed by atoms with E-state index >= 15 is 0 Å². The summed E-state index contributed by atoms with van der Waals surface area (Å²) in [6.45, 7) is 0.127. The smallest absolute Gasteiger partial charge is 0.209 e. The lowest BCUT2D eigenvalue weighted by Crippen LogP contribution is -2.21. The van der Waals surface area contributed by atoms with Gasteiger partial charge in [0.25, 0.3) is 0 Å². The number of nitrogens with one attached hydrogen (secondary N) is 1. The molecule has 0 aliphatic heterocycles. The molecule has 0 heterocycles. The van der Waals surface area contributed by atoms with Gasteiger partial charge in [0.15, 0.2) is 0 Å². The monoisotopic (exact) mass is 249 g/mol. The molecule has 0 atom stereocenters. The molecule has 0 aliphatic carbocycles. The maximum Gasteiger partial charge on any atom is 0.209 e. The van der Waals surface area contributed by atoms with Crippen LogP contribution in [-0.4, -0.2) is 21.8 Å². The summed E-state index contributed by atoms with van der Waals surface area (Å²) in [7, 11) is -1.72. The van der Waals surface area contributed by atoms with Gasteiger partial charge in [-0.25, -0.2) is 13.1 Å². The van der Waals surface area contributed by atoms with Crippen molar-refractivity contribution in [2.45, 2.75) is 6.54 Å². The number of ether oxygens (including phenoxy) is 1. The normalized spacial score (nSPS) is 11.4. The van der Waals surface area contributed by atoms with Crippen molar-refractivity contribution in [2.24, 2.45) is 0 Å². The molecule has 0 saturated heterocycles. The Labute approximate surface area is 94.3 Å². The third kappa shape index (κ3) is 3.70. The Balaban J connectivity index is 2.93. The molecule has 0 fully saturated rings. The highest BCUT2D eigenvalue weighted by Gasteiger charge is 2.09. The lowest BCUT2D eigenvalue weighted by molar-refractivity contribution is 0.409. The molecule has 15 heavy (non-hydrogen) atoms. The van der Waals surface area contributed by atoms with Crippen LogP contribution in [-0.2, 0) is 16.6 Å². The van der Waals surface area contributed by atoms with Gasteiger partial charge in [0, 0.05) is 17.1 Å². The number of sulfonamides is 1. The van der Waals surface area contributed by atoms with Crippen LogP contribution in [0.15, 0.2) is 18.2 Å². The van der Waals surface area contributed by atoms with E-state index in [4.69, 9.17) is 16.3 Å². The van der Waals surface area contributed by atoms with Crippen molar-refractivity contribution in [2.75, 3.05) is 13.4 Å². The number of benzene rings is 1. The number of rotatable bonds is 4. The average Bonchev–Trinajstić information content (AvgIpc) is 2.14. The minimum Gasteiger partial charge on any atom is -0.496 e. The van der Waals surface area contributed by atoms with E-state index in [1.54, 1.807) is 18.2 Å². The SMILES string of the molecule is COc1cccc(Cl)c1CNS(C)(=O)=O. The van der Waals surface area contributed by atoms with Gasteiger partial charge in [-0.15, -0.1) is 0 Å². The Morgan fingerprint density at radius 2 is 2.13 bits per heavy atom. The predicted octanol–water partition coefficient (Wildman–Crippen LogP) is 1.40. The third-order valence-electron chi connectivity index (χ3n) is 1.81. The number of hydrogen-bond donors (Lipinski definition) is 1. The molecule has 1 aromatic rings. The summed E-state index contributed by atoms with van der Waals surface area (Å²) in [5.74, 6) is 0.568. The van der Waals surface area contributed by atoms with Crippen LogP contribution in [0.25, 0.3) is 0 Å². The molecule has 84 valence electrons. The van der Waals surface area contributed by atoms with E-state index in [9.17, 15) is 8.42 Å². The molecule has 0 aliphatic rings. The van der Waals surface area contributed by atoms with Crippen molar-refractivity contribution in [1.82, 2.24) is 4.72 Å². The topological polar surface area (TPSA) is 55.4 Å². The standard InChI is InChI=1S/C9H12ClNO3S/c1-14-9-5-3-4-8(10)7(9)6-11-15(2,12)13/h3-5,11H,6H2,1-2H3. The second kappa shape index (κ2) is 4.83. The Bertz CT molecular complexity index is 445. The molecule has 0 radical (unpaired) electrons. The van der Waals surface area contributed by atoms with E-state index in [-0.39, 0.29) is 6.54 Å². The summed E-state index contributed by atoms with van der Waals surface area (Å²) < 4.78 is 29.3. The van der Waals surface area contributed by atoms with Crippen LogP contribution in [0.2, 0.25) is 5.02 Å². The van der Waals surface area contributed by atoms with E-state index in [0.29, 0.717) is 16.3 Å². The summed E-state index contributed by atoms with van der Waals surface area (Å²) in [6.07, 6.45) is 1.09. The minimum atomic E-state index is -3.23. The molecule has 6 heteroatoms. The predicted molar refractivity (Wildman–Crippen MR) is 59.7 cm³/mol. The van der Waals surface area contributed by atoms with Crippen molar-refractivity contribution in [3.8, 4) is 5.75 Å². The molecule has 1 N–H and O–H groups in total. The highest BCUT2D eigenvalue weighted by Crippen LogP contribution is 2.25. The summed E-state index contributed by atoms with van der Waals surface area (Å²) >= 11 is 5.92. The Morgan fingerprint density at radius 1 is 1.47 bits per heavy atom. The molecular weight excluding hydrogens is 238 g/mol. The zero-order chi connectivity index (χ0) is 11.5. The number of methoxy groups -OCH3 is 1. The maximum atomic E-state index is 10.9. The molecule has 4 nitrogen and oxygen atoms in total. The van der Waals surface area contributed by atoms with E-state index in [0.717, 1.165) is 6.26 Å². The van der Waals surface area contributed by atoms with Crippen LogP contribution in [0, 0.1) is 0 Å². The van der Waals surface area contributed by atoms with Crippen molar-refractivity contribution in [3.63, 3.8) is 0 Å². The fourth-order valence-electron chi connectivity index (χ4n) is 1.10. The molecule has 1 rings (SSSR count). The van der Waals surface area contributed by atoms with E-state index in [1.807, 2.05) is 0 Å². The molecule has 0 bridgehead atoms. The Morgan fingerprint density at radius 3 is 2.67 bits per heavy atom. The molecule has 0 amide bonds. The second-order valence-electron chi connectivity index (χ2n) is 3.01. The third-order valence-corrected chi connectivity index (χ3v) is 2.83. The lowest BCUT2D eigenvalue weighted by atomic mass is 10.2. The molecule has 0 saturated carbocycles. The Kier molecular flexibility index (Phi) is 3.96. The second-order valence-corrected chi connectivity index (χ2v) is 5.25. The van der Waals surface area contributed by atoms with Gasteiger partial charge in [0.2, 0.25) is 10.0 Å². The van der Waals surface area contributed by atoms with Gasteiger partial charge in [-0.1, -0.05) is 17.7 Å². The van der Waals surface area contributed by atoms with E-state index in [1.165, 1.54) is 7.11 Å². The van der Waals surface area contributed by atoms with Crippen LogP contribution >= 0.6 is 11.6 Å². The van der Waals surface area contributed by atoms with E-state index < -0.39 is 10.0 Å². The van der Waals surface area contributed by atoms with Crippen LogP contribution in [0.5, 0.6) is 5.75 Å². The first kappa shape index (κ1) is 12.3. The fraction of sp³-hybridized carbons (Fsp3) is 0.333. The largest absolute Gasteiger partial charge is 0.496 e. The van der Waals surface area contributed by atoms with Crippen LogP contribution in [0.4, 0.5) is 0 Å². The summed E-state index contributed by atoms with van der Waals surface area (Å²) in [5.41, 5.74) is 0.632. The first-order valence-electron chi connectivity index (χ1n) is 4.20. The fourth-order valence-corrected chi connectivity index (χ4v) is 1.74. The zero-order valence-electron chi connectivity index (χ0n) is 8.45. The van der Waals surface area contributed by atoms with Gasteiger partial charge in [0.1, 0.15) is 5.75 Å². The van der Waals surface area contributed by atoms with Crippen LogP contribution < -0.4 is 9.46 Å². The first-order valence-corrected chi connectivity index (χ1v) is 6.47. The van der Waals surface area contributed by atoms with Gasteiger partial charge < -0.3 is 4.74 Å². The van der Waals surface area contributed by atoms with Gasteiger partial charge in [0.05, 0.1) is 13.4 Å². The molecular formula is C9H12ClNO3S. The molecule has 0 spiro atoms. The van der Waals surface area contributed by atoms with Gasteiger partial charge in [-0.3, -0.25) is 0 Å². The zero-order valence-corrected chi connectivity index (χ0v) is 10.0. The molecule has 0 unspecified atom stereocenters. The van der Waals surface area contributed by atoms with Crippen molar-refractivity contribution >= 4 is 21.6 Å². The number of hydrogen-bond acceptors (Lipinski definition) is 3. The lowest BCUT2D eigenvalue weighted by Gasteiger charge is -2.10. The molecule has 0 aromatic heterocycles. The summed E-state index contributed by atoms with van der Waals surface area (Å²) in [4.78, 5) is 0. The minimum absolute atomic E-state index is 0.127. The van der Waals surface area contributed by atoms with Crippen molar-refractivity contribution < 1.29 is 13.2 Å². The highest BCUT2D eigenvalue weighted by atomic mass is 35.5. The summed E-state index contributed by atoms with van der Waals surface area (Å²) in [6, 6.07) is 5.15. The maximum absolute atomic E-state index is 10.9. The van der Waals surface area contributed by atoms with E-state index in [2.05, 4.69) is 4.72 Å². The first-order chi connectivity index (χ1) is 6.94. The van der Waals surface area contributed by atoms with Gasteiger partial charge in [-0.05, 0) is 12.1 Å². The highest BCUT2D eigenvalue weighted by molar-refractivity contribution is 7.88. The van der Waals surface area contributed by atoms with Crippen molar-refractivity contribution in [1.29, 1.82) is 0 Å². The van der Waals surface area contributed by atoms with Crippen molar-refractivity contribution in [3.05, 3.63) is 28.8 Å². The molecule has 1 aromatic carbocycles. The summed E-state index contributed by atoms with van der Waals surface area (Å²) in [5, 5.41) is 0.477. The average molecular weight is 250 g/mol. The van der Waals surface area contributed by atoms with Gasteiger partial charge in [-0.2, -0.15) is 0 Å². The quantitative estimate of drug-likeness (QED) is 0.878. The van der Waals surface area contributed by atoms with Crippen LogP contribution in [0.1, 0.15) is 5.56 Å². The Hall–Kier alpha value is -0.780. The van der Waals surface area contributed by atoms with Crippen LogP contribution in [0.3, 0.4) is 0 Å². The number of halogens is 1.